The zero-order valence-electron chi connectivity index (χ0n) is 17.9. The molecule has 2 aromatic heterocycles. The normalized spacial score (nSPS) is 13.5. The van der Waals surface area contributed by atoms with E-state index in [0.717, 1.165) is 48.9 Å². The lowest BCUT2D eigenvalue weighted by Gasteiger charge is -2.28. The topological polar surface area (TPSA) is 79.4 Å². The van der Waals surface area contributed by atoms with Crippen LogP contribution >= 0.6 is 11.3 Å². The average Bonchev–Trinajstić information content (AvgIpc) is 3.41. The number of amides is 1. The predicted molar refractivity (Wildman–Crippen MR) is 132 cm³/mol. The van der Waals surface area contributed by atoms with Gasteiger partial charge in [-0.3, -0.25) is 4.79 Å². The highest BCUT2D eigenvalue weighted by Crippen LogP contribution is 2.24. The van der Waals surface area contributed by atoms with Gasteiger partial charge in [-0.15, -0.1) is 11.3 Å². The highest BCUT2D eigenvalue weighted by atomic mass is 32.1. The number of ether oxygens (including phenoxy) is 1. The molecule has 1 aliphatic heterocycles. The molecule has 1 aliphatic rings. The van der Waals surface area contributed by atoms with Crippen LogP contribution in [0.25, 0.3) is 11.3 Å². The first-order valence-corrected chi connectivity index (χ1v) is 11.6. The highest BCUT2D eigenvalue weighted by Gasteiger charge is 2.11. The lowest BCUT2D eigenvalue weighted by atomic mass is 10.1. The van der Waals surface area contributed by atoms with Gasteiger partial charge in [0.25, 0.3) is 5.91 Å². The van der Waals surface area contributed by atoms with Crippen molar-refractivity contribution in [2.45, 2.75) is 0 Å². The van der Waals surface area contributed by atoms with Crippen LogP contribution in [0.1, 0.15) is 9.67 Å². The summed E-state index contributed by atoms with van der Waals surface area (Å²) in [7, 11) is 0. The van der Waals surface area contributed by atoms with Gasteiger partial charge in [-0.05, 0) is 53.9 Å². The Bertz CT molecular complexity index is 1200. The Hall–Kier alpha value is -3.75. The first-order valence-electron chi connectivity index (χ1n) is 10.7. The summed E-state index contributed by atoms with van der Waals surface area (Å²) in [5.74, 6) is 0.424. The zero-order valence-corrected chi connectivity index (χ0v) is 18.7. The Morgan fingerprint density at radius 2 is 1.70 bits per heavy atom. The van der Waals surface area contributed by atoms with Gasteiger partial charge in [-0.25, -0.2) is 9.97 Å². The summed E-state index contributed by atoms with van der Waals surface area (Å²) in [6.45, 7) is 3.36. The lowest BCUT2D eigenvalue weighted by Crippen LogP contribution is -2.36. The number of carbonyl (C=O) groups is 1. The molecule has 1 fully saturated rings. The Morgan fingerprint density at radius 1 is 0.939 bits per heavy atom. The van der Waals surface area contributed by atoms with Crippen LogP contribution < -0.4 is 15.5 Å². The molecule has 8 heteroatoms. The van der Waals surface area contributed by atoms with Crippen molar-refractivity contribution in [3.63, 3.8) is 0 Å². The fourth-order valence-corrected chi connectivity index (χ4v) is 4.23. The van der Waals surface area contributed by atoms with Crippen LogP contribution in [0.5, 0.6) is 0 Å². The summed E-state index contributed by atoms with van der Waals surface area (Å²) < 4.78 is 5.42. The number of thiophene rings is 1. The van der Waals surface area contributed by atoms with Gasteiger partial charge in [0.15, 0.2) is 0 Å². The minimum absolute atomic E-state index is 0.106. The van der Waals surface area contributed by atoms with Crippen molar-refractivity contribution in [2.24, 2.45) is 0 Å². The van der Waals surface area contributed by atoms with Gasteiger partial charge >= 0.3 is 0 Å². The summed E-state index contributed by atoms with van der Waals surface area (Å²) in [6, 6.07) is 21.4. The fourth-order valence-electron chi connectivity index (χ4n) is 3.61. The van der Waals surface area contributed by atoms with Gasteiger partial charge in [0.2, 0.25) is 5.95 Å². The number of aromatic nitrogens is 2. The molecule has 0 radical (unpaired) electrons. The molecule has 0 saturated carbocycles. The smallest absolute Gasteiger partial charge is 0.265 e. The van der Waals surface area contributed by atoms with Gasteiger partial charge in [0.05, 0.1) is 23.8 Å². The van der Waals surface area contributed by atoms with E-state index in [2.05, 4.69) is 37.6 Å². The number of morpholine rings is 1. The SMILES string of the molecule is O=C(Nc1ccc(-c2ccnc(Nc3ccc(N4CCOCC4)cc3)n2)cc1)c1cccs1. The standard InChI is InChI=1S/C25H23N5O2S/c31-24(23-2-1-17-33-23)27-19-5-3-18(4-6-19)22-11-12-26-25(29-22)28-20-7-9-21(10-8-20)30-13-15-32-16-14-30/h1-12,17H,13-16H2,(H,27,31)(H,26,28,29). The monoisotopic (exact) mass is 457 g/mol. The van der Waals surface area contributed by atoms with Crippen molar-refractivity contribution in [1.29, 1.82) is 0 Å². The molecule has 4 aromatic rings. The summed E-state index contributed by atoms with van der Waals surface area (Å²) >= 11 is 1.42. The van der Waals surface area contributed by atoms with E-state index >= 15 is 0 Å². The third kappa shape index (κ3) is 5.19. The molecule has 3 heterocycles. The quantitative estimate of drug-likeness (QED) is 0.422. The highest BCUT2D eigenvalue weighted by molar-refractivity contribution is 7.12. The second-order valence-electron chi connectivity index (χ2n) is 7.55. The summed E-state index contributed by atoms with van der Waals surface area (Å²) in [4.78, 5) is 24.2. The van der Waals surface area contributed by atoms with Crippen molar-refractivity contribution in [3.05, 3.63) is 83.2 Å². The molecule has 0 spiro atoms. The average molecular weight is 458 g/mol. The molecule has 1 amide bonds. The summed E-state index contributed by atoms with van der Waals surface area (Å²) in [5, 5.41) is 8.07. The molecule has 5 rings (SSSR count). The van der Waals surface area contributed by atoms with Gasteiger partial charge in [0.1, 0.15) is 0 Å². The third-order valence-electron chi connectivity index (χ3n) is 5.34. The first-order chi connectivity index (χ1) is 16.2. The Kier molecular flexibility index (Phi) is 6.27. The summed E-state index contributed by atoms with van der Waals surface area (Å²) in [5.41, 5.74) is 4.59. The number of benzene rings is 2. The maximum Gasteiger partial charge on any atom is 0.265 e. The maximum absolute atomic E-state index is 12.2. The van der Waals surface area contributed by atoms with Crippen molar-refractivity contribution >= 4 is 40.3 Å². The molecule has 166 valence electrons. The Morgan fingerprint density at radius 3 is 2.42 bits per heavy atom. The van der Waals surface area contributed by atoms with Crippen LogP contribution in [0.15, 0.2) is 78.3 Å². The number of rotatable bonds is 6. The molecule has 2 aromatic carbocycles. The predicted octanol–water partition coefficient (Wildman–Crippen LogP) is 5.04. The van der Waals surface area contributed by atoms with E-state index in [-0.39, 0.29) is 5.91 Å². The van der Waals surface area contributed by atoms with Crippen molar-refractivity contribution in [3.8, 4) is 11.3 Å². The molecule has 7 nitrogen and oxygen atoms in total. The van der Waals surface area contributed by atoms with Crippen LogP contribution in [0.3, 0.4) is 0 Å². The number of carbonyl (C=O) groups excluding carboxylic acids is 1. The molecule has 33 heavy (non-hydrogen) atoms. The zero-order chi connectivity index (χ0) is 22.5. The molecule has 1 saturated heterocycles. The van der Waals surface area contributed by atoms with Gasteiger partial charge in [0, 0.05) is 41.9 Å². The molecular formula is C25H23N5O2S. The molecule has 2 N–H and O–H groups in total. The number of nitrogens with zero attached hydrogens (tertiary/aromatic N) is 3. The summed E-state index contributed by atoms with van der Waals surface area (Å²) in [6.07, 6.45) is 1.74. The number of nitrogens with one attached hydrogen (secondary N) is 2. The van der Waals surface area contributed by atoms with E-state index in [0.29, 0.717) is 10.8 Å². The van der Waals surface area contributed by atoms with Crippen LogP contribution in [-0.4, -0.2) is 42.2 Å². The molecule has 0 bridgehead atoms. The van der Waals surface area contributed by atoms with Gasteiger partial charge in [-0.1, -0.05) is 18.2 Å². The minimum atomic E-state index is -0.106. The van der Waals surface area contributed by atoms with Crippen molar-refractivity contribution in [2.75, 3.05) is 41.8 Å². The van der Waals surface area contributed by atoms with Crippen molar-refractivity contribution < 1.29 is 9.53 Å². The number of hydrogen-bond acceptors (Lipinski definition) is 7. The van der Waals surface area contributed by atoms with Gasteiger partial charge < -0.3 is 20.3 Å². The number of hydrogen-bond donors (Lipinski definition) is 2. The second-order valence-corrected chi connectivity index (χ2v) is 8.49. The molecule has 0 aliphatic carbocycles. The van der Waals surface area contributed by atoms with E-state index in [4.69, 9.17) is 4.74 Å². The van der Waals surface area contributed by atoms with Crippen LogP contribution in [0.4, 0.5) is 23.0 Å². The lowest BCUT2D eigenvalue weighted by molar-refractivity contribution is 0.103. The first kappa shape index (κ1) is 21.1. The maximum atomic E-state index is 12.2. The molecular weight excluding hydrogens is 434 g/mol. The fraction of sp³-hybridized carbons (Fsp3) is 0.160. The van der Waals surface area contributed by atoms with E-state index in [1.165, 1.54) is 17.0 Å². The van der Waals surface area contributed by atoms with Gasteiger partial charge in [-0.2, -0.15) is 0 Å². The molecule has 0 atom stereocenters. The Balaban J connectivity index is 1.24. The van der Waals surface area contributed by atoms with E-state index < -0.39 is 0 Å². The van der Waals surface area contributed by atoms with Crippen LogP contribution in [0.2, 0.25) is 0 Å². The second kappa shape index (κ2) is 9.81. The van der Waals surface area contributed by atoms with Crippen LogP contribution in [-0.2, 0) is 4.74 Å². The minimum Gasteiger partial charge on any atom is -0.378 e. The largest absolute Gasteiger partial charge is 0.378 e. The number of anilines is 4. The molecule has 0 unspecified atom stereocenters. The van der Waals surface area contributed by atoms with E-state index in [1.54, 1.807) is 12.3 Å². The van der Waals surface area contributed by atoms with E-state index in [9.17, 15) is 4.79 Å². The van der Waals surface area contributed by atoms with E-state index in [1.807, 2.05) is 53.9 Å². The Labute approximate surface area is 196 Å². The third-order valence-corrected chi connectivity index (χ3v) is 6.21. The van der Waals surface area contributed by atoms with Crippen LogP contribution in [0, 0.1) is 0 Å². The van der Waals surface area contributed by atoms with Crippen molar-refractivity contribution in [1.82, 2.24) is 9.97 Å².